The van der Waals surface area contributed by atoms with E-state index in [0.29, 0.717) is 29.4 Å². The summed E-state index contributed by atoms with van der Waals surface area (Å²) in [5.41, 5.74) is 1.87. The molecule has 1 unspecified atom stereocenters. The van der Waals surface area contributed by atoms with Crippen molar-refractivity contribution in [2.45, 2.75) is 32.4 Å². The minimum atomic E-state index is -0.289. The van der Waals surface area contributed by atoms with Gasteiger partial charge in [-0.25, -0.2) is 4.39 Å². The smallest absolute Gasteiger partial charge is 0.272 e. The SMILES string of the molecule is Cc1cc(C(=O)NC2CCCN(Cc3c(F)cccc3Cl)C2)nn1C. The quantitative estimate of drug-likeness (QED) is 0.907. The number of hydrogen-bond acceptors (Lipinski definition) is 3. The molecule has 1 aromatic heterocycles. The monoisotopic (exact) mass is 364 g/mol. The molecule has 1 atom stereocenters. The van der Waals surface area contributed by atoms with E-state index in [9.17, 15) is 9.18 Å². The van der Waals surface area contributed by atoms with Crippen molar-refractivity contribution in [1.29, 1.82) is 0 Å². The minimum absolute atomic E-state index is 0.0223. The predicted molar refractivity (Wildman–Crippen MR) is 95.1 cm³/mol. The first-order chi connectivity index (χ1) is 11.9. The van der Waals surface area contributed by atoms with Crippen LogP contribution in [0.2, 0.25) is 5.02 Å². The van der Waals surface area contributed by atoms with Gasteiger partial charge in [0.1, 0.15) is 11.5 Å². The highest BCUT2D eigenvalue weighted by Gasteiger charge is 2.24. The van der Waals surface area contributed by atoms with E-state index < -0.39 is 0 Å². The maximum atomic E-state index is 14.0. The maximum Gasteiger partial charge on any atom is 0.272 e. The van der Waals surface area contributed by atoms with Crippen molar-refractivity contribution in [3.63, 3.8) is 0 Å². The Hall–Kier alpha value is -1.92. The van der Waals surface area contributed by atoms with Crippen molar-refractivity contribution >= 4 is 17.5 Å². The lowest BCUT2D eigenvalue weighted by atomic mass is 10.0. The lowest BCUT2D eigenvalue weighted by Crippen LogP contribution is -2.47. The van der Waals surface area contributed by atoms with E-state index in [1.165, 1.54) is 6.07 Å². The van der Waals surface area contributed by atoms with E-state index in [1.54, 1.807) is 22.9 Å². The summed E-state index contributed by atoms with van der Waals surface area (Å²) in [5, 5.41) is 7.69. The first-order valence-corrected chi connectivity index (χ1v) is 8.78. The third-order valence-corrected chi connectivity index (χ3v) is 4.98. The van der Waals surface area contributed by atoms with Gasteiger partial charge in [-0.2, -0.15) is 5.10 Å². The molecule has 1 fully saturated rings. The minimum Gasteiger partial charge on any atom is -0.347 e. The van der Waals surface area contributed by atoms with Crippen LogP contribution >= 0.6 is 11.6 Å². The number of piperidine rings is 1. The molecule has 2 aromatic rings. The number of halogens is 2. The second-order valence-electron chi connectivity index (χ2n) is 6.54. The third-order valence-electron chi connectivity index (χ3n) is 4.63. The summed E-state index contributed by atoms with van der Waals surface area (Å²) in [6.07, 6.45) is 1.84. The van der Waals surface area contributed by atoms with Gasteiger partial charge in [0.25, 0.3) is 5.91 Å². The molecule has 1 aromatic carbocycles. The van der Waals surface area contributed by atoms with Crippen LogP contribution < -0.4 is 5.32 Å². The van der Waals surface area contributed by atoms with Crippen LogP contribution in [0.25, 0.3) is 0 Å². The van der Waals surface area contributed by atoms with Crippen molar-refractivity contribution in [3.8, 4) is 0 Å². The van der Waals surface area contributed by atoms with E-state index >= 15 is 0 Å². The lowest BCUT2D eigenvalue weighted by Gasteiger charge is -2.33. The summed E-state index contributed by atoms with van der Waals surface area (Å²) >= 11 is 6.12. The van der Waals surface area contributed by atoms with Crippen molar-refractivity contribution < 1.29 is 9.18 Å². The normalized spacial score (nSPS) is 18.3. The highest BCUT2D eigenvalue weighted by molar-refractivity contribution is 6.31. The van der Waals surface area contributed by atoms with Gasteiger partial charge in [-0.1, -0.05) is 17.7 Å². The van der Waals surface area contributed by atoms with Gasteiger partial charge in [-0.15, -0.1) is 0 Å². The van der Waals surface area contributed by atoms with E-state index in [4.69, 9.17) is 11.6 Å². The molecule has 5 nitrogen and oxygen atoms in total. The standard InChI is InChI=1S/C18H22ClFN4O/c1-12-9-17(22-23(12)2)18(25)21-13-5-4-8-24(10-13)11-14-15(19)6-3-7-16(14)20/h3,6-7,9,13H,4-5,8,10-11H2,1-2H3,(H,21,25). The topological polar surface area (TPSA) is 50.2 Å². The molecule has 2 heterocycles. The summed E-state index contributed by atoms with van der Waals surface area (Å²) in [6.45, 7) is 3.88. The van der Waals surface area contributed by atoms with Crippen LogP contribution in [0.5, 0.6) is 0 Å². The average Bonchev–Trinajstić information content (AvgIpc) is 2.91. The van der Waals surface area contributed by atoms with Gasteiger partial charge < -0.3 is 5.32 Å². The van der Waals surface area contributed by atoms with Crippen LogP contribution in [-0.2, 0) is 13.6 Å². The fourth-order valence-electron chi connectivity index (χ4n) is 3.15. The molecule has 1 amide bonds. The van der Waals surface area contributed by atoms with Crippen molar-refractivity contribution in [1.82, 2.24) is 20.0 Å². The Morgan fingerprint density at radius 1 is 1.48 bits per heavy atom. The summed E-state index contributed by atoms with van der Waals surface area (Å²) in [4.78, 5) is 14.5. The van der Waals surface area contributed by atoms with Gasteiger partial charge in [-0.3, -0.25) is 14.4 Å². The Labute approximate surface area is 151 Å². The second-order valence-corrected chi connectivity index (χ2v) is 6.95. The Morgan fingerprint density at radius 3 is 2.96 bits per heavy atom. The molecule has 25 heavy (non-hydrogen) atoms. The van der Waals surface area contributed by atoms with Gasteiger partial charge in [-0.05, 0) is 44.5 Å². The molecular weight excluding hydrogens is 343 g/mol. The number of likely N-dealkylation sites (tertiary alicyclic amines) is 1. The number of nitrogens with one attached hydrogen (secondary N) is 1. The zero-order valence-electron chi connectivity index (χ0n) is 14.4. The van der Waals surface area contributed by atoms with Crippen LogP contribution in [0.3, 0.4) is 0 Å². The highest BCUT2D eigenvalue weighted by Crippen LogP contribution is 2.22. The van der Waals surface area contributed by atoms with Gasteiger partial charge in [0.05, 0.1) is 0 Å². The average molecular weight is 365 g/mol. The number of amides is 1. The molecule has 0 saturated carbocycles. The number of carbonyl (C=O) groups is 1. The number of nitrogens with zero attached hydrogens (tertiary/aromatic N) is 3. The zero-order chi connectivity index (χ0) is 18.0. The molecule has 3 rings (SSSR count). The number of carbonyl (C=O) groups excluding carboxylic acids is 1. The predicted octanol–water partition coefficient (Wildman–Crippen LogP) is 2.92. The lowest BCUT2D eigenvalue weighted by molar-refractivity contribution is 0.0894. The molecule has 7 heteroatoms. The van der Waals surface area contributed by atoms with Gasteiger partial charge in [0, 0.05) is 42.5 Å². The first-order valence-electron chi connectivity index (χ1n) is 8.41. The molecule has 0 aliphatic carbocycles. The second kappa shape index (κ2) is 7.54. The van der Waals surface area contributed by atoms with Crippen LogP contribution in [0, 0.1) is 12.7 Å². The van der Waals surface area contributed by atoms with Crippen LogP contribution in [0.1, 0.15) is 34.6 Å². The number of hydrogen-bond donors (Lipinski definition) is 1. The molecule has 1 aliphatic rings. The van der Waals surface area contributed by atoms with Crippen LogP contribution in [0.15, 0.2) is 24.3 Å². The van der Waals surface area contributed by atoms with Crippen molar-refractivity contribution in [2.75, 3.05) is 13.1 Å². The highest BCUT2D eigenvalue weighted by atomic mass is 35.5. The summed E-state index contributed by atoms with van der Waals surface area (Å²) in [6, 6.07) is 6.53. The van der Waals surface area contributed by atoms with E-state index in [-0.39, 0.29) is 17.8 Å². The number of rotatable bonds is 4. The molecule has 134 valence electrons. The molecule has 1 aliphatic heterocycles. The summed E-state index contributed by atoms with van der Waals surface area (Å²) in [5.74, 6) is -0.456. The summed E-state index contributed by atoms with van der Waals surface area (Å²) < 4.78 is 15.7. The van der Waals surface area contributed by atoms with E-state index in [0.717, 1.165) is 25.1 Å². The van der Waals surface area contributed by atoms with Gasteiger partial charge in [0.2, 0.25) is 0 Å². The Balaban J connectivity index is 1.62. The Kier molecular flexibility index (Phi) is 5.39. The van der Waals surface area contributed by atoms with Gasteiger partial charge >= 0.3 is 0 Å². The Bertz CT molecular complexity index is 737. The van der Waals surface area contributed by atoms with E-state index in [2.05, 4.69) is 15.3 Å². The summed E-state index contributed by atoms with van der Waals surface area (Å²) in [7, 11) is 1.81. The molecule has 1 N–H and O–H groups in total. The molecule has 0 spiro atoms. The van der Waals surface area contributed by atoms with Crippen LogP contribution in [0.4, 0.5) is 4.39 Å². The molecular formula is C18H22ClFN4O. The fraction of sp³-hybridized carbons (Fsp3) is 0.444. The molecule has 0 bridgehead atoms. The number of benzene rings is 1. The third kappa shape index (κ3) is 4.19. The van der Waals surface area contributed by atoms with E-state index in [1.807, 2.05) is 14.0 Å². The van der Waals surface area contributed by atoms with Crippen molar-refractivity contribution in [3.05, 3.63) is 52.1 Å². The molecule has 0 radical (unpaired) electrons. The largest absolute Gasteiger partial charge is 0.347 e. The first kappa shape index (κ1) is 17.9. The van der Waals surface area contributed by atoms with Crippen LogP contribution in [-0.4, -0.2) is 39.7 Å². The van der Waals surface area contributed by atoms with Crippen molar-refractivity contribution in [2.24, 2.45) is 7.05 Å². The number of aromatic nitrogens is 2. The Morgan fingerprint density at radius 2 is 2.28 bits per heavy atom. The van der Waals surface area contributed by atoms with Gasteiger partial charge in [0.15, 0.2) is 0 Å². The number of aryl methyl sites for hydroxylation is 2. The zero-order valence-corrected chi connectivity index (χ0v) is 15.2. The fourth-order valence-corrected chi connectivity index (χ4v) is 3.38. The maximum absolute atomic E-state index is 14.0. The molecule has 1 saturated heterocycles.